The second kappa shape index (κ2) is 6.23. The molecular formula is C15H28N2O2. The molecular weight excluding hydrogens is 240 g/mol. The zero-order valence-corrected chi connectivity index (χ0v) is 12.4. The number of carboxylic acid groups (broad SMARTS) is 1. The smallest absolute Gasteiger partial charge is 0.306 e. The van der Waals surface area contributed by atoms with E-state index in [0.717, 1.165) is 32.5 Å². The highest BCUT2D eigenvalue weighted by molar-refractivity contribution is 5.70. The normalized spacial score (nSPS) is 23.9. The molecule has 2 aliphatic rings. The van der Waals surface area contributed by atoms with E-state index in [-0.39, 0.29) is 5.92 Å². The summed E-state index contributed by atoms with van der Waals surface area (Å²) in [5, 5.41) is 9.02. The summed E-state index contributed by atoms with van der Waals surface area (Å²) in [6, 6.07) is 0. The fraction of sp³-hybridized carbons (Fsp3) is 0.933. The number of nitrogens with zero attached hydrogens (tertiary/aromatic N) is 2. The maximum atomic E-state index is 11.0. The summed E-state index contributed by atoms with van der Waals surface area (Å²) in [6.07, 6.45) is 4.32. The summed E-state index contributed by atoms with van der Waals surface area (Å²) in [5.74, 6) is -0.728. The number of carbonyl (C=O) groups is 1. The molecule has 0 unspecified atom stereocenters. The molecule has 0 radical (unpaired) electrons. The summed E-state index contributed by atoms with van der Waals surface area (Å²) in [6.45, 7) is 11.3. The Bertz CT molecular complexity index is 303. The first kappa shape index (κ1) is 14.8. The van der Waals surface area contributed by atoms with Crippen molar-refractivity contribution < 1.29 is 9.90 Å². The Morgan fingerprint density at radius 3 is 2.00 bits per heavy atom. The minimum absolute atomic E-state index is 0.113. The maximum absolute atomic E-state index is 11.0. The van der Waals surface area contributed by atoms with Crippen molar-refractivity contribution in [2.45, 2.75) is 39.5 Å². The van der Waals surface area contributed by atoms with Gasteiger partial charge in [-0.05, 0) is 57.3 Å². The van der Waals surface area contributed by atoms with Crippen LogP contribution in [0.2, 0.25) is 0 Å². The molecule has 0 bridgehead atoms. The van der Waals surface area contributed by atoms with E-state index in [1.165, 1.54) is 32.5 Å². The molecule has 0 spiro atoms. The van der Waals surface area contributed by atoms with Gasteiger partial charge in [-0.3, -0.25) is 4.79 Å². The fourth-order valence-electron chi connectivity index (χ4n) is 3.54. The first-order valence-electron chi connectivity index (χ1n) is 7.64. The highest BCUT2D eigenvalue weighted by Gasteiger charge is 2.30. The maximum Gasteiger partial charge on any atom is 0.306 e. The summed E-state index contributed by atoms with van der Waals surface area (Å²) < 4.78 is 0. The molecule has 110 valence electrons. The van der Waals surface area contributed by atoms with Crippen molar-refractivity contribution in [1.29, 1.82) is 0 Å². The van der Waals surface area contributed by atoms with Crippen molar-refractivity contribution in [2.24, 2.45) is 11.3 Å². The second-order valence-electron chi connectivity index (χ2n) is 7.04. The van der Waals surface area contributed by atoms with Gasteiger partial charge in [-0.2, -0.15) is 0 Å². The SMILES string of the molecule is CC(C)(CN1CCCC1)CN1CCC(C(=O)O)CC1. The summed E-state index contributed by atoms with van der Waals surface area (Å²) in [5.41, 5.74) is 0.306. The van der Waals surface area contributed by atoms with E-state index >= 15 is 0 Å². The quantitative estimate of drug-likeness (QED) is 0.827. The Labute approximate surface area is 116 Å². The van der Waals surface area contributed by atoms with Crippen LogP contribution in [0.5, 0.6) is 0 Å². The molecule has 0 atom stereocenters. The van der Waals surface area contributed by atoms with Gasteiger partial charge in [0, 0.05) is 13.1 Å². The van der Waals surface area contributed by atoms with E-state index in [0.29, 0.717) is 5.41 Å². The predicted octanol–water partition coefficient (Wildman–Crippen LogP) is 1.91. The third-order valence-electron chi connectivity index (χ3n) is 4.44. The standard InChI is InChI=1S/C15H28N2O2/c1-15(2,11-16-7-3-4-8-16)12-17-9-5-13(6-10-17)14(18)19/h13H,3-12H2,1-2H3,(H,18,19). The first-order chi connectivity index (χ1) is 8.96. The van der Waals surface area contributed by atoms with Gasteiger partial charge in [0.15, 0.2) is 0 Å². The van der Waals surface area contributed by atoms with Crippen LogP contribution < -0.4 is 0 Å². The van der Waals surface area contributed by atoms with Gasteiger partial charge in [-0.1, -0.05) is 13.8 Å². The van der Waals surface area contributed by atoms with Crippen molar-refractivity contribution >= 4 is 5.97 Å². The van der Waals surface area contributed by atoms with Crippen LogP contribution in [0.3, 0.4) is 0 Å². The van der Waals surface area contributed by atoms with Crippen LogP contribution in [0.25, 0.3) is 0 Å². The molecule has 2 aliphatic heterocycles. The van der Waals surface area contributed by atoms with Crippen LogP contribution in [0.4, 0.5) is 0 Å². The van der Waals surface area contributed by atoms with Crippen LogP contribution in [0.1, 0.15) is 39.5 Å². The van der Waals surface area contributed by atoms with Gasteiger partial charge >= 0.3 is 5.97 Å². The van der Waals surface area contributed by atoms with Crippen LogP contribution >= 0.6 is 0 Å². The zero-order valence-electron chi connectivity index (χ0n) is 12.4. The van der Waals surface area contributed by atoms with Crippen molar-refractivity contribution in [3.8, 4) is 0 Å². The minimum atomic E-state index is -0.615. The Morgan fingerprint density at radius 1 is 1.05 bits per heavy atom. The number of carboxylic acids is 1. The molecule has 4 nitrogen and oxygen atoms in total. The third kappa shape index (κ3) is 4.46. The Kier molecular flexibility index (Phi) is 4.85. The monoisotopic (exact) mass is 268 g/mol. The Hall–Kier alpha value is -0.610. The van der Waals surface area contributed by atoms with E-state index in [9.17, 15) is 4.79 Å². The molecule has 0 aliphatic carbocycles. The molecule has 0 aromatic rings. The van der Waals surface area contributed by atoms with Gasteiger partial charge in [0.2, 0.25) is 0 Å². The number of rotatable bonds is 5. The molecule has 0 aromatic carbocycles. The number of hydrogen-bond donors (Lipinski definition) is 1. The lowest BCUT2D eigenvalue weighted by Gasteiger charge is -2.38. The molecule has 2 heterocycles. The van der Waals surface area contributed by atoms with E-state index in [4.69, 9.17) is 5.11 Å². The van der Waals surface area contributed by atoms with Crippen LogP contribution in [-0.2, 0) is 4.79 Å². The van der Waals surface area contributed by atoms with Gasteiger partial charge < -0.3 is 14.9 Å². The first-order valence-corrected chi connectivity index (χ1v) is 7.64. The lowest BCUT2D eigenvalue weighted by molar-refractivity contribution is -0.143. The topological polar surface area (TPSA) is 43.8 Å². The van der Waals surface area contributed by atoms with Crippen LogP contribution in [0.15, 0.2) is 0 Å². The average Bonchev–Trinajstić information content (AvgIpc) is 2.81. The molecule has 2 saturated heterocycles. The fourth-order valence-corrected chi connectivity index (χ4v) is 3.54. The number of aliphatic carboxylic acids is 1. The van der Waals surface area contributed by atoms with Crippen LogP contribution in [-0.4, -0.2) is 60.1 Å². The molecule has 0 aromatic heterocycles. The number of piperidine rings is 1. The summed E-state index contributed by atoms with van der Waals surface area (Å²) in [7, 11) is 0. The molecule has 2 fully saturated rings. The lowest BCUT2D eigenvalue weighted by Crippen LogP contribution is -2.45. The predicted molar refractivity (Wildman–Crippen MR) is 76.3 cm³/mol. The zero-order chi connectivity index (χ0) is 13.9. The largest absolute Gasteiger partial charge is 0.481 e. The minimum Gasteiger partial charge on any atom is -0.481 e. The number of hydrogen-bond acceptors (Lipinski definition) is 3. The summed E-state index contributed by atoms with van der Waals surface area (Å²) >= 11 is 0. The number of likely N-dealkylation sites (tertiary alicyclic amines) is 2. The van der Waals surface area contributed by atoms with Crippen molar-refractivity contribution in [3.63, 3.8) is 0 Å². The molecule has 0 saturated carbocycles. The molecule has 0 amide bonds. The van der Waals surface area contributed by atoms with Crippen molar-refractivity contribution in [1.82, 2.24) is 9.80 Å². The average molecular weight is 268 g/mol. The lowest BCUT2D eigenvalue weighted by atomic mass is 9.89. The Balaban J connectivity index is 1.75. The third-order valence-corrected chi connectivity index (χ3v) is 4.44. The second-order valence-corrected chi connectivity index (χ2v) is 7.04. The molecule has 2 rings (SSSR count). The van der Waals surface area contributed by atoms with Crippen molar-refractivity contribution in [2.75, 3.05) is 39.3 Å². The Morgan fingerprint density at radius 2 is 1.53 bits per heavy atom. The molecule has 4 heteroatoms. The van der Waals surface area contributed by atoms with E-state index < -0.39 is 5.97 Å². The van der Waals surface area contributed by atoms with Gasteiger partial charge in [-0.25, -0.2) is 0 Å². The van der Waals surface area contributed by atoms with Gasteiger partial charge in [0.1, 0.15) is 0 Å². The highest BCUT2D eigenvalue weighted by Crippen LogP contribution is 2.25. The summed E-state index contributed by atoms with van der Waals surface area (Å²) in [4.78, 5) is 16.0. The highest BCUT2D eigenvalue weighted by atomic mass is 16.4. The molecule has 19 heavy (non-hydrogen) atoms. The van der Waals surface area contributed by atoms with E-state index in [1.54, 1.807) is 0 Å². The van der Waals surface area contributed by atoms with Gasteiger partial charge in [0.25, 0.3) is 0 Å². The van der Waals surface area contributed by atoms with E-state index in [2.05, 4.69) is 23.6 Å². The van der Waals surface area contributed by atoms with Crippen molar-refractivity contribution in [3.05, 3.63) is 0 Å². The van der Waals surface area contributed by atoms with Gasteiger partial charge in [-0.15, -0.1) is 0 Å². The van der Waals surface area contributed by atoms with Gasteiger partial charge in [0.05, 0.1) is 5.92 Å². The van der Waals surface area contributed by atoms with Crippen LogP contribution in [0, 0.1) is 11.3 Å². The molecule has 1 N–H and O–H groups in total. The van der Waals surface area contributed by atoms with E-state index in [1.807, 2.05) is 0 Å².